The Labute approximate surface area is 208 Å². The Kier molecular flexibility index (Phi) is 7.48. The molecule has 0 fully saturated rings. The van der Waals surface area contributed by atoms with Crippen molar-refractivity contribution in [2.24, 2.45) is 0 Å². The SMILES string of the molecule is CCc1ccccc1NC(=O)Nc1ccc2nc(-c3ccc(Cl)cc3)cc(OCC(=O)OC)c2c1. The molecule has 2 amide bonds. The first kappa shape index (κ1) is 24.0. The second kappa shape index (κ2) is 10.9. The third-order valence-electron chi connectivity index (χ3n) is 5.39. The lowest BCUT2D eigenvalue weighted by molar-refractivity contribution is -0.142. The smallest absolute Gasteiger partial charge is 0.343 e. The molecule has 7 nitrogen and oxygen atoms in total. The second-order valence-corrected chi connectivity index (χ2v) is 8.14. The van der Waals surface area contributed by atoms with Crippen LogP contribution in [0, 0.1) is 0 Å². The highest BCUT2D eigenvalue weighted by Crippen LogP contribution is 2.32. The van der Waals surface area contributed by atoms with Crippen LogP contribution in [-0.4, -0.2) is 30.7 Å². The lowest BCUT2D eigenvalue weighted by Crippen LogP contribution is -2.20. The van der Waals surface area contributed by atoms with Crippen LogP contribution >= 0.6 is 11.6 Å². The molecule has 1 heterocycles. The van der Waals surface area contributed by atoms with Crippen LogP contribution in [0.15, 0.2) is 72.8 Å². The zero-order chi connectivity index (χ0) is 24.8. The van der Waals surface area contributed by atoms with E-state index in [4.69, 9.17) is 26.1 Å². The van der Waals surface area contributed by atoms with E-state index in [2.05, 4.69) is 10.6 Å². The topological polar surface area (TPSA) is 89.5 Å². The van der Waals surface area contributed by atoms with Crippen LogP contribution in [0.3, 0.4) is 0 Å². The molecule has 0 saturated carbocycles. The van der Waals surface area contributed by atoms with Crippen molar-refractivity contribution in [2.75, 3.05) is 24.4 Å². The molecule has 0 atom stereocenters. The maximum atomic E-state index is 12.7. The molecule has 1 aromatic heterocycles. The molecule has 4 aromatic rings. The Hall–Kier alpha value is -4.10. The summed E-state index contributed by atoms with van der Waals surface area (Å²) in [6.45, 7) is 1.77. The quantitative estimate of drug-likeness (QED) is 0.297. The van der Waals surface area contributed by atoms with Gasteiger partial charge in [-0.2, -0.15) is 0 Å². The molecule has 35 heavy (non-hydrogen) atoms. The first-order valence-electron chi connectivity index (χ1n) is 11.0. The lowest BCUT2D eigenvalue weighted by atomic mass is 10.1. The number of aryl methyl sites for hydroxylation is 1. The number of ether oxygens (including phenoxy) is 2. The van der Waals surface area contributed by atoms with Crippen LogP contribution in [0.5, 0.6) is 5.75 Å². The van der Waals surface area contributed by atoms with Gasteiger partial charge in [0, 0.05) is 33.4 Å². The third-order valence-corrected chi connectivity index (χ3v) is 5.64. The fourth-order valence-corrected chi connectivity index (χ4v) is 3.72. The predicted molar refractivity (Wildman–Crippen MR) is 138 cm³/mol. The lowest BCUT2D eigenvalue weighted by Gasteiger charge is -2.14. The van der Waals surface area contributed by atoms with Crippen LogP contribution in [0.4, 0.5) is 16.2 Å². The first-order valence-corrected chi connectivity index (χ1v) is 11.4. The standard InChI is InChI=1S/C27H24ClN3O4/c1-3-17-6-4-5-7-22(17)31-27(33)29-20-12-13-23-21(14-20)25(35-16-26(32)34-2)15-24(30-23)18-8-10-19(28)11-9-18/h4-15H,3,16H2,1-2H3,(H2,29,31,33). The normalized spacial score (nSPS) is 10.6. The van der Waals surface area contributed by atoms with Crippen LogP contribution in [0.2, 0.25) is 5.02 Å². The Morgan fingerprint density at radius 2 is 1.74 bits per heavy atom. The molecule has 0 aliphatic heterocycles. The number of amides is 2. The van der Waals surface area contributed by atoms with E-state index in [1.807, 2.05) is 43.3 Å². The molecule has 2 N–H and O–H groups in total. The van der Waals surface area contributed by atoms with Gasteiger partial charge in [0.05, 0.1) is 18.3 Å². The number of para-hydroxylation sites is 1. The van der Waals surface area contributed by atoms with Gasteiger partial charge < -0.3 is 20.1 Å². The van der Waals surface area contributed by atoms with Crippen LogP contribution in [0.1, 0.15) is 12.5 Å². The van der Waals surface area contributed by atoms with E-state index in [9.17, 15) is 9.59 Å². The summed E-state index contributed by atoms with van der Waals surface area (Å²) < 4.78 is 10.5. The molecule has 0 bridgehead atoms. The zero-order valence-electron chi connectivity index (χ0n) is 19.3. The van der Waals surface area contributed by atoms with E-state index in [0.717, 1.165) is 23.2 Å². The predicted octanol–water partition coefficient (Wildman–Crippen LogP) is 6.31. The van der Waals surface area contributed by atoms with Crippen molar-refractivity contribution in [1.82, 2.24) is 4.98 Å². The number of pyridine rings is 1. The van der Waals surface area contributed by atoms with Gasteiger partial charge in [0.25, 0.3) is 0 Å². The average Bonchev–Trinajstić information content (AvgIpc) is 2.87. The molecule has 0 unspecified atom stereocenters. The van der Waals surface area contributed by atoms with Gasteiger partial charge in [0.2, 0.25) is 0 Å². The van der Waals surface area contributed by atoms with Crippen molar-refractivity contribution >= 4 is 45.9 Å². The summed E-state index contributed by atoms with van der Waals surface area (Å²) >= 11 is 6.02. The zero-order valence-corrected chi connectivity index (χ0v) is 20.1. The van der Waals surface area contributed by atoms with E-state index >= 15 is 0 Å². The van der Waals surface area contributed by atoms with Gasteiger partial charge in [-0.1, -0.05) is 48.9 Å². The minimum atomic E-state index is -0.508. The van der Waals surface area contributed by atoms with Gasteiger partial charge in [-0.05, 0) is 48.4 Å². The largest absolute Gasteiger partial charge is 0.481 e. The van der Waals surface area contributed by atoms with E-state index < -0.39 is 5.97 Å². The number of halogens is 1. The molecule has 178 valence electrons. The highest BCUT2D eigenvalue weighted by molar-refractivity contribution is 6.30. The molecule has 3 aromatic carbocycles. The monoisotopic (exact) mass is 489 g/mol. The van der Waals surface area contributed by atoms with E-state index in [1.54, 1.807) is 36.4 Å². The maximum absolute atomic E-state index is 12.7. The van der Waals surface area contributed by atoms with Gasteiger partial charge in [-0.15, -0.1) is 0 Å². The summed E-state index contributed by atoms with van der Waals surface area (Å²) in [5.74, 6) is -0.0722. The molecule has 0 aliphatic carbocycles. The van der Waals surface area contributed by atoms with Gasteiger partial charge >= 0.3 is 12.0 Å². The summed E-state index contributed by atoms with van der Waals surface area (Å²) in [4.78, 5) is 29.1. The number of hydrogen-bond donors (Lipinski definition) is 2. The molecule has 0 radical (unpaired) electrons. The molecule has 8 heteroatoms. The number of urea groups is 1. The van der Waals surface area contributed by atoms with E-state index in [-0.39, 0.29) is 12.6 Å². The molecule has 0 aliphatic rings. The number of benzene rings is 3. The minimum absolute atomic E-state index is 0.262. The van der Waals surface area contributed by atoms with Crippen LogP contribution in [0.25, 0.3) is 22.2 Å². The molecule has 0 spiro atoms. The molecular formula is C27H24ClN3O4. The number of nitrogens with zero attached hydrogens (tertiary/aromatic N) is 1. The van der Waals surface area contributed by atoms with Crippen molar-refractivity contribution in [3.63, 3.8) is 0 Å². The Morgan fingerprint density at radius 1 is 0.971 bits per heavy atom. The van der Waals surface area contributed by atoms with Crippen molar-refractivity contribution in [3.05, 3.63) is 83.4 Å². The van der Waals surface area contributed by atoms with Crippen LogP contribution < -0.4 is 15.4 Å². The fraction of sp³-hybridized carbons (Fsp3) is 0.148. The summed E-state index contributed by atoms with van der Waals surface area (Å²) in [5, 5.41) is 6.99. The number of hydrogen-bond acceptors (Lipinski definition) is 5. The van der Waals surface area contributed by atoms with Gasteiger partial charge in [-0.3, -0.25) is 0 Å². The van der Waals surface area contributed by atoms with Crippen molar-refractivity contribution in [3.8, 4) is 17.0 Å². The maximum Gasteiger partial charge on any atom is 0.343 e. The highest BCUT2D eigenvalue weighted by atomic mass is 35.5. The Bertz CT molecular complexity index is 1370. The number of anilines is 2. The van der Waals surface area contributed by atoms with E-state index in [0.29, 0.717) is 33.1 Å². The molecule has 0 saturated heterocycles. The summed E-state index contributed by atoms with van der Waals surface area (Å²) in [6, 6.07) is 21.6. The minimum Gasteiger partial charge on any atom is -0.481 e. The number of aromatic nitrogens is 1. The fourth-order valence-electron chi connectivity index (χ4n) is 3.59. The Balaban J connectivity index is 1.65. The number of esters is 1. The number of nitrogens with one attached hydrogen (secondary N) is 2. The van der Waals surface area contributed by atoms with Crippen molar-refractivity contribution < 1.29 is 19.1 Å². The van der Waals surface area contributed by atoms with Gasteiger partial charge in [0.15, 0.2) is 6.61 Å². The number of rotatable bonds is 7. The van der Waals surface area contributed by atoms with Gasteiger partial charge in [0.1, 0.15) is 5.75 Å². The number of carbonyl (C=O) groups is 2. The first-order chi connectivity index (χ1) is 17.0. The second-order valence-electron chi connectivity index (χ2n) is 7.70. The van der Waals surface area contributed by atoms with Gasteiger partial charge in [-0.25, -0.2) is 14.6 Å². The average molecular weight is 490 g/mol. The number of carbonyl (C=O) groups excluding carboxylic acids is 2. The van der Waals surface area contributed by atoms with Crippen LogP contribution in [-0.2, 0) is 16.0 Å². The Morgan fingerprint density at radius 3 is 2.49 bits per heavy atom. The summed E-state index contributed by atoms with van der Waals surface area (Å²) in [5.41, 5.74) is 4.48. The highest BCUT2D eigenvalue weighted by Gasteiger charge is 2.13. The van der Waals surface area contributed by atoms with Crippen molar-refractivity contribution in [1.29, 1.82) is 0 Å². The summed E-state index contributed by atoms with van der Waals surface area (Å²) in [7, 11) is 1.30. The molecule has 4 rings (SSSR count). The van der Waals surface area contributed by atoms with Crippen molar-refractivity contribution in [2.45, 2.75) is 13.3 Å². The summed E-state index contributed by atoms with van der Waals surface area (Å²) in [6.07, 6.45) is 0.801. The number of fused-ring (bicyclic) bond motifs is 1. The molecular weight excluding hydrogens is 466 g/mol. The van der Waals surface area contributed by atoms with E-state index in [1.165, 1.54) is 7.11 Å². The number of methoxy groups -OCH3 is 1. The third kappa shape index (κ3) is 5.88.